The van der Waals surface area contributed by atoms with Crippen LogP contribution in [0.5, 0.6) is 5.75 Å². The van der Waals surface area contributed by atoms with Crippen molar-refractivity contribution >= 4 is 35.3 Å². The number of rotatable bonds is 13. The van der Waals surface area contributed by atoms with E-state index in [0.29, 0.717) is 13.0 Å². The molecule has 1 rings (SSSR count). The maximum absolute atomic E-state index is 12.8. The third-order valence-corrected chi connectivity index (χ3v) is 4.83. The Morgan fingerprint density at radius 3 is 2.45 bits per heavy atom. The molecular formula is C20H29ClN4O6. The molecule has 6 N–H and O–H groups in total. The number of hydrogen-bond acceptors (Lipinski definition) is 6. The zero-order valence-corrected chi connectivity index (χ0v) is 18.5. The Morgan fingerprint density at radius 1 is 1.23 bits per heavy atom. The van der Waals surface area contributed by atoms with Crippen LogP contribution in [0, 0.1) is 5.92 Å². The minimum Gasteiger partial charge on any atom is -0.491 e. The molecule has 0 aliphatic heterocycles. The predicted molar refractivity (Wildman–Crippen MR) is 115 cm³/mol. The summed E-state index contributed by atoms with van der Waals surface area (Å²) in [7, 11) is 1.75. The summed E-state index contributed by atoms with van der Waals surface area (Å²) in [5, 5.41) is 17.4. The smallest absolute Gasteiger partial charge is 0.326 e. The van der Waals surface area contributed by atoms with Gasteiger partial charge < -0.3 is 31.5 Å². The number of ether oxygens (including phenoxy) is 1. The number of aliphatic carboxylic acids is 1. The van der Waals surface area contributed by atoms with E-state index in [1.807, 2.05) is 0 Å². The van der Waals surface area contributed by atoms with Gasteiger partial charge in [0.15, 0.2) is 0 Å². The lowest BCUT2D eigenvalue weighted by Gasteiger charge is -2.24. The number of carbonyl (C=O) groups is 4. The molecule has 0 aromatic heterocycles. The standard InChI is InChI=1S/C20H29ClN4O6/c1-4-11(2)17(20(29)30)25-19(28)14(10-16(22)26)24-18(27)13-9-12(21)5-6-15(13)31-8-7-23-3/h5-6,9,11,14,17,23H,4,7-8,10H2,1-3H3,(H2,22,26)(H,24,27)(H,25,28)(H,29,30)/t11-,14-,17-/m0/s1. The third-order valence-electron chi connectivity index (χ3n) is 4.60. The first-order valence-corrected chi connectivity index (χ1v) is 10.2. The van der Waals surface area contributed by atoms with Crippen molar-refractivity contribution in [1.29, 1.82) is 0 Å². The largest absolute Gasteiger partial charge is 0.491 e. The first-order valence-electron chi connectivity index (χ1n) is 9.79. The van der Waals surface area contributed by atoms with Crippen LogP contribution in [0.15, 0.2) is 18.2 Å². The van der Waals surface area contributed by atoms with E-state index < -0.39 is 42.2 Å². The molecule has 0 spiro atoms. The quantitative estimate of drug-likeness (QED) is 0.270. The molecule has 31 heavy (non-hydrogen) atoms. The van der Waals surface area contributed by atoms with Crippen molar-refractivity contribution in [2.24, 2.45) is 11.7 Å². The van der Waals surface area contributed by atoms with Crippen molar-refractivity contribution in [3.05, 3.63) is 28.8 Å². The zero-order valence-electron chi connectivity index (χ0n) is 17.7. The van der Waals surface area contributed by atoms with Crippen molar-refractivity contribution in [3.8, 4) is 5.75 Å². The number of carboxylic acids is 1. The van der Waals surface area contributed by atoms with Crippen LogP contribution in [0.3, 0.4) is 0 Å². The SMILES string of the molecule is CC[C@H](C)[C@H](NC(=O)[C@H](CC(N)=O)NC(=O)c1cc(Cl)ccc1OCCNC)C(=O)O. The summed E-state index contributed by atoms with van der Waals surface area (Å²) in [6.07, 6.45) is -0.0130. The molecule has 0 aliphatic carbocycles. The number of hydrogen-bond donors (Lipinski definition) is 5. The Labute approximate surface area is 185 Å². The van der Waals surface area contributed by atoms with Crippen LogP contribution in [0.25, 0.3) is 0 Å². The average Bonchev–Trinajstić information content (AvgIpc) is 2.71. The van der Waals surface area contributed by atoms with Gasteiger partial charge >= 0.3 is 5.97 Å². The molecule has 3 atom stereocenters. The van der Waals surface area contributed by atoms with Crippen LogP contribution < -0.4 is 26.4 Å². The molecule has 1 aromatic rings. The van der Waals surface area contributed by atoms with E-state index in [1.54, 1.807) is 27.0 Å². The summed E-state index contributed by atoms with van der Waals surface area (Å²) in [5.41, 5.74) is 5.28. The number of nitrogens with one attached hydrogen (secondary N) is 3. The van der Waals surface area contributed by atoms with Crippen molar-refractivity contribution in [2.45, 2.75) is 38.8 Å². The zero-order chi connectivity index (χ0) is 23.6. The maximum atomic E-state index is 12.8. The lowest BCUT2D eigenvalue weighted by molar-refractivity contribution is -0.143. The van der Waals surface area contributed by atoms with Gasteiger partial charge in [0.25, 0.3) is 5.91 Å². The van der Waals surface area contributed by atoms with Gasteiger partial charge in [-0.1, -0.05) is 31.9 Å². The predicted octanol–water partition coefficient (Wildman–Crippen LogP) is 0.528. The Bertz CT molecular complexity index is 804. The molecule has 0 saturated heterocycles. The molecule has 0 aliphatic rings. The lowest BCUT2D eigenvalue weighted by atomic mass is 9.98. The fourth-order valence-electron chi connectivity index (χ4n) is 2.65. The highest BCUT2D eigenvalue weighted by Gasteiger charge is 2.31. The molecule has 10 nitrogen and oxygen atoms in total. The van der Waals surface area contributed by atoms with Crippen LogP contribution in [0.4, 0.5) is 0 Å². The van der Waals surface area contributed by atoms with E-state index >= 15 is 0 Å². The number of carboxylic acid groups (broad SMARTS) is 1. The molecule has 0 saturated carbocycles. The van der Waals surface area contributed by atoms with E-state index in [1.165, 1.54) is 12.1 Å². The molecule has 0 heterocycles. The normalized spacial score (nSPS) is 13.5. The van der Waals surface area contributed by atoms with E-state index in [2.05, 4.69) is 16.0 Å². The number of amides is 3. The van der Waals surface area contributed by atoms with Gasteiger partial charge in [0.2, 0.25) is 11.8 Å². The number of nitrogens with two attached hydrogens (primary N) is 1. The summed E-state index contributed by atoms with van der Waals surface area (Å²) in [4.78, 5) is 48.5. The number of benzene rings is 1. The van der Waals surface area contributed by atoms with Gasteiger partial charge in [0.1, 0.15) is 24.4 Å². The maximum Gasteiger partial charge on any atom is 0.326 e. The molecule has 0 unspecified atom stereocenters. The fourth-order valence-corrected chi connectivity index (χ4v) is 2.82. The van der Waals surface area contributed by atoms with Gasteiger partial charge in [0.05, 0.1) is 12.0 Å². The molecule has 0 fully saturated rings. The Kier molecular flexibility index (Phi) is 10.8. The number of carbonyl (C=O) groups excluding carboxylic acids is 3. The highest BCUT2D eigenvalue weighted by atomic mass is 35.5. The van der Waals surface area contributed by atoms with E-state index in [0.717, 1.165) is 0 Å². The molecule has 1 aromatic carbocycles. The van der Waals surface area contributed by atoms with Gasteiger partial charge in [-0.05, 0) is 31.2 Å². The van der Waals surface area contributed by atoms with Gasteiger partial charge in [-0.3, -0.25) is 14.4 Å². The molecule has 3 amide bonds. The van der Waals surface area contributed by atoms with Crippen LogP contribution >= 0.6 is 11.6 Å². The van der Waals surface area contributed by atoms with Crippen molar-refractivity contribution in [3.63, 3.8) is 0 Å². The van der Waals surface area contributed by atoms with Crippen molar-refractivity contribution < 1.29 is 29.0 Å². The van der Waals surface area contributed by atoms with Crippen LogP contribution in [-0.4, -0.2) is 61.1 Å². The summed E-state index contributed by atoms with van der Waals surface area (Å²) in [6.45, 7) is 4.26. The molecular weight excluding hydrogens is 428 g/mol. The highest BCUT2D eigenvalue weighted by molar-refractivity contribution is 6.31. The van der Waals surface area contributed by atoms with Crippen LogP contribution in [-0.2, 0) is 14.4 Å². The highest BCUT2D eigenvalue weighted by Crippen LogP contribution is 2.23. The first-order chi connectivity index (χ1) is 14.6. The number of halogens is 1. The Hall–Kier alpha value is -2.85. The van der Waals surface area contributed by atoms with Gasteiger partial charge in [0, 0.05) is 11.6 Å². The van der Waals surface area contributed by atoms with Crippen LogP contribution in [0.2, 0.25) is 5.02 Å². The fraction of sp³-hybridized carbons (Fsp3) is 0.500. The molecule has 172 valence electrons. The van der Waals surface area contributed by atoms with E-state index in [4.69, 9.17) is 22.1 Å². The molecule has 11 heteroatoms. The second kappa shape index (κ2) is 12.8. The van der Waals surface area contributed by atoms with Gasteiger partial charge in [-0.25, -0.2) is 4.79 Å². The van der Waals surface area contributed by atoms with Crippen LogP contribution in [0.1, 0.15) is 37.0 Å². The van der Waals surface area contributed by atoms with Gasteiger partial charge in [-0.2, -0.15) is 0 Å². The lowest BCUT2D eigenvalue weighted by Crippen LogP contribution is -2.54. The second-order valence-electron chi connectivity index (χ2n) is 7.00. The minimum absolute atomic E-state index is 0.0579. The third kappa shape index (κ3) is 8.42. The number of likely N-dealkylation sites (N-methyl/N-ethyl adjacent to an activating group) is 1. The summed E-state index contributed by atoms with van der Waals surface area (Å²) < 4.78 is 5.57. The Balaban J connectivity index is 3.08. The van der Waals surface area contributed by atoms with Crippen molar-refractivity contribution in [2.75, 3.05) is 20.2 Å². The second-order valence-corrected chi connectivity index (χ2v) is 7.44. The molecule has 0 radical (unpaired) electrons. The molecule has 0 bridgehead atoms. The first kappa shape index (κ1) is 26.2. The van der Waals surface area contributed by atoms with E-state index in [9.17, 15) is 24.3 Å². The minimum atomic E-state index is -1.37. The van der Waals surface area contributed by atoms with E-state index in [-0.39, 0.29) is 28.9 Å². The number of primary amides is 1. The summed E-state index contributed by atoms with van der Waals surface area (Å²) >= 11 is 5.99. The monoisotopic (exact) mass is 456 g/mol. The Morgan fingerprint density at radius 2 is 1.90 bits per heavy atom. The van der Waals surface area contributed by atoms with Crippen molar-refractivity contribution in [1.82, 2.24) is 16.0 Å². The summed E-state index contributed by atoms with van der Waals surface area (Å²) in [5.74, 6) is -3.75. The average molecular weight is 457 g/mol. The van der Waals surface area contributed by atoms with Gasteiger partial charge in [-0.15, -0.1) is 0 Å². The summed E-state index contributed by atoms with van der Waals surface area (Å²) in [6, 6.07) is 1.87. The topological polar surface area (TPSA) is 160 Å².